The van der Waals surface area contributed by atoms with Crippen LogP contribution in [0.2, 0.25) is 0 Å². The molecule has 0 fully saturated rings. The van der Waals surface area contributed by atoms with Crippen LogP contribution >= 0.6 is 11.3 Å². The van der Waals surface area contributed by atoms with E-state index in [1.54, 1.807) is 48.8 Å². The minimum Gasteiger partial charge on any atom is -0.320 e. The molecular formula is C21H21N3O3S2. The maximum atomic E-state index is 13.1. The van der Waals surface area contributed by atoms with Gasteiger partial charge in [-0.3, -0.25) is 14.5 Å². The summed E-state index contributed by atoms with van der Waals surface area (Å²) >= 11 is 1.36. The Morgan fingerprint density at radius 1 is 1.10 bits per heavy atom. The fraction of sp³-hybridized carbons (Fsp3) is 0.238. The summed E-state index contributed by atoms with van der Waals surface area (Å²) in [4.78, 5) is 18.3. The lowest BCUT2D eigenvalue weighted by molar-refractivity contribution is 0.102. The lowest BCUT2D eigenvalue weighted by atomic mass is 9.95. The van der Waals surface area contributed by atoms with Gasteiger partial charge in [-0.1, -0.05) is 17.7 Å². The van der Waals surface area contributed by atoms with Crippen LogP contribution in [0.1, 0.15) is 39.2 Å². The predicted molar refractivity (Wildman–Crippen MR) is 115 cm³/mol. The second-order valence-electron chi connectivity index (χ2n) is 7.03. The van der Waals surface area contributed by atoms with Gasteiger partial charge in [0.05, 0.1) is 22.3 Å². The number of aromatic nitrogens is 1. The first-order chi connectivity index (χ1) is 13.9. The van der Waals surface area contributed by atoms with Gasteiger partial charge in [0.25, 0.3) is 15.9 Å². The second-order valence-corrected chi connectivity index (χ2v) is 9.82. The molecule has 3 aromatic rings. The van der Waals surface area contributed by atoms with E-state index >= 15 is 0 Å². The second kappa shape index (κ2) is 7.96. The van der Waals surface area contributed by atoms with Crippen LogP contribution in [0.5, 0.6) is 0 Å². The van der Waals surface area contributed by atoms with E-state index in [1.807, 2.05) is 6.92 Å². The number of thiophene rings is 1. The van der Waals surface area contributed by atoms with Crippen molar-refractivity contribution in [1.82, 2.24) is 4.98 Å². The van der Waals surface area contributed by atoms with Gasteiger partial charge < -0.3 is 5.32 Å². The van der Waals surface area contributed by atoms with E-state index in [9.17, 15) is 13.2 Å². The summed E-state index contributed by atoms with van der Waals surface area (Å²) in [5.41, 5.74) is 2.92. The molecule has 0 unspecified atom stereocenters. The Hall–Kier alpha value is -2.71. The summed E-state index contributed by atoms with van der Waals surface area (Å²) in [5.74, 6) is -0.320. The number of carbonyl (C=O) groups excluding carboxylic acids is 1. The van der Waals surface area contributed by atoms with E-state index in [-0.39, 0.29) is 10.8 Å². The van der Waals surface area contributed by atoms with Crippen molar-refractivity contribution in [3.8, 4) is 0 Å². The van der Waals surface area contributed by atoms with E-state index in [2.05, 4.69) is 15.0 Å². The van der Waals surface area contributed by atoms with Crippen LogP contribution in [0.3, 0.4) is 0 Å². The van der Waals surface area contributed by atoms with Crippen molar-refractivity contribution < 1.29 is 13.2 Å². The van der Waals surface area contributed by atoms with Gasteiger partial charge in [0.2, 0.25) is 0 Å². The molecule has 6 nitrogen and oxygen atoms in total. The summed E-state index contributed by atoms with van der Waals surface area (Å²) in [6.07, 6.45) is 6.85. The van der Waals surface area contributed by atoms with E-state index in [1.165, 1.54) is 11.3 Å². The van der Waals surface area contributed by atoms with Gasteiger partial charge >= 0.3 is 0 Å². The SMILES string of the molecule is Cc1ccc(S(=O)(=O)Nc2sc3c(c2C(=O)Nc2cccnc2)CCCC3)cc1. The van der Waals surface area contributed by atoms with Gasteiger partial charge in [0, 0.05) is 11.1 Å². The monoisotopic (exact) mass is 427 g/mol. The molecule has 150 valence electrons. The highest BCUT2D eigenvalue weighted by Gasteiger charge is 2.28. The first-order valence-electron chi connectivity index (χ1n) is 9.39. The average Bonchev–Trinajstić information content (AvgIpc) is 3.06. The summed E-state index contributed by atoms with van der Waals surface area (Å²) < 4.78 is 28.5. The molecule has 0 bridgehead atoms. The van der Waals surface area contributed by atoms with Gasteiger partial charge in [-0.15, -0.1) is 11.3 Å². The number of carbonyl (C=O) groups is 1. The Kier molecular flexibility index (Phi) is 5.38. The number of benzene rings is 1. The summed E-state index contributed by atoms with van der Waals surface area (Å²) in [6, 6.07) is 10.1. The van der Waals surface area contributed by atoms with Gasteiger partial charge in [0.15, 0.2) is 0 Å². The molecule has 1 aliphatic rings. The fourth-order valence-electron chi connectivity index (χ4n) is 3.41. The van der Waals surface area contributed by atoms with Crippen LogP contribution < -0.4 is 10.0 Å². The molecular weight excluding hydrogens is 406 g/mol. The highest BCUT2D eigenvalue weighted by Crippen LogP contribution is 2.39. The molecule has 2 heterocycles. The minimum atomic E-state index is -3.79. The molecule has 2 aromatic heterocycles. The van der Waals surface area contributed by atoms with Gasteiger partial charge in [-0.25, -0.2) is 8.42 Å². The molecule has 0 aliphatic heterocycles. The van der Waals surface area contributed by atoms with Gasteiger partial charge in [-0.2, -0.15) is 0 Å². The number of anilines is 2. The first kappa shape index (κ1) is 19.6. The van der Waals surface area contributed by atoms with Crippen LogP contribution in [0.15, 0.2) is 53.7 Å². The maximum Gasteiger partial charge on any atom is 0.262 e. The molecule has 29 heavy (non-hydrogen) atoms. The number of rotatable bonds is 5. The molecule has 0 spiro atoms. The van der Waals surface area contributed by atoms with Crippen LogP contribution in [0.4, 0.5) is 10.7 Å². The van der Waals surface area contributed by atoms with Crippen molar-refractivity contribution in [2.75, 3.05) is 10.0 Å². The molecule has 1 aromatic carbocycles. The lowest BCUT2D eigenvalue weighted by Crippen LogP contribution is -2.19. The fourth-order valence-corrected chi connectivity index (χ4v) is 6.00. The van der Waals surface area contributed by atoms with Crippen molar-refractivity contribution in [1.29, 1.82) is 0 Å². The number of fused-ring (bicyclic) bond motifs is 1. The molecule has 2 N–H and O–H groups in total. The minimum absolute atomic E-state index is 0.174. The Bertz CT molecular complexity index is 1140. The van der Waals surface area contributed by atoms with E-state index < -0.39 is 10.0 Å². The lowest BCUT2D eigenvalue weighted by Gasteiger charge is -2.13. The normalized spacial score (nSPS) is 13.6. The number of nitrogens with zero attached hydrogens (tertiary/aromatic N) is 1. The van der Waals surface area contributed by atoms with Crippen molar-refractivity contribution in [3.63, 3.8) is 0 Å². The number of hydrogen-bond acceptors (Lipinski definition) is 5. The van der Waals surface area contributed by atoms with Crippen LogP contribution in [0.25, 0.3) is 0 Å². The Morgan fingerprint density at radius 3 is 2.59 bits per heavy atom. The number of amides is 1. The summed E-state index contributed by atoms with van der Waals surface area (Å²) in [5, 5.41) is 3.21. The molecule has 1 amide bonds. The first-order valence-corrected chi connectivity index (χ1v) is 11.7. The summed E-state index contributed by atoms with van der Waals surface area (Å²) in [7, 11) is -3.79. The standard InChI is InChI=1S/C21H21N3O3S2/c1-14-8-10-16(11-9-14)29(26,27)24-21-19(17-6-2-3-7-18(17)28-21)20(25)23-15-5-4-12-22-13-15/h4-5,8-13,24H,2-3,6-7H2,1H3,(H,23,25). The van der Waals surface area contributed by atoms with Crippen molar-refractivity contribution in [2.45, 2.75) is 37.5 Å². The number of aryl methyl sites for hydroxylation is 2. The smallest absolute Gasteiger partial charge is 0.262 e. The largest absolute Gasteiger partial charge is 0.320 e. The molecule has 8 heteroatoms. The average molecular weight is 428 g/mol. The topological polar surface area (TPSA) is 88.2 Å². The highest BCUT2D eigenvalue weighted by molar-refractivity contribution is 7.93. The summed E-state index contributed by atoms with van der Waals surface area (Å²) in [6.45, 7) is 1.90. The molecule has 0 atom stereocenters. The maximum absolute atomic E-state index is 13.1. The molecule has 1 aliphatic carbocycles. The number of pyridine rings is 1. The highest BCUT2D eigenvalue weighted by atomic mass is 32.2. The molecule has 0 saturated carbocycles. The Morgan fingerprint density at radius 2 is 1.86 bits per heavy atom. The van der Waals surface area contributed by atoms with E-state index in [0.29, 0.717) is 16.3 Å². The van der Waals surface area contributed by atoms with Gasteiger partial charge in [-0.05, 0) is 62.4 Å². The zero-order valence-electron chi connectivity index (χ0n) is 15.9. The predicted octanol–water partition coefficient (Wildman–Crippen LogP) is 4.38. The van der Waals surface area contributed by atoms with Crippen molar-refractivity contribution >= 4 is 38.0 Å². The Balaban J connectivity index is 1.70. The quantitative estimate of drug-likeness (QED) is 0.632. The van der Waals surface area contributed by atoms with Crippen molar-refractivity contribution in [3.05, 3.63) is 70.4 Å². The molecule has 0 radical (unpaired) electrons. The third-order valence-corrected chi connectivity index (χ3v) is 7.58. The number of sulfonamides is 1. The van der Waals surface area contributed by atoms with E-state index in [4.69, 9.17) is 0 Å². The van der Waals surface area contributed by atoms with Crippen LogP contribution in [-0.2, 0) is 22.9 Å². The zero-order chi connectivity index (χ0) is 20.4. The number of hydrogen-bond donors (Lipinski definition) is 2. The molecule has 4 rings (SSSR count). The third kappa shape index (κ3) is 4.18. The third-order valence-electron chi connectivity index (χ3n) is 4.88. The van der Waals surface area contributed by atoms with E-state index in [0.717, 1.165) is 41.7 Å². The van der Waals surface area contributed by atoms with Gasteiger partial charge in [0.1, 0.15) is 5.00 Å². The zero-order valence-corrected chi connectivity index (χ0v) is 17.6. The molecule has 0 saturated heterocycles. The van der Waals surface area contributed by atoms with Crippen LogP contribution in [0, 0.1) is 6.92 Å². The van der Waals surface area contributed by atoms with Crippen molar-refractivity contribution in [2.24, 2.45) is 0 Å². The Labute approximate surface area is 174 Å². The number of nitrogens with one attached hydrogen (secondary N) is 2. The van der Waals surface area contributed by atoms with Crippen LogP contribution in [-0.4, -0.2) is 19.3 Å².